The van der Waals surface area contributed by atoms with E-state index in [1.807, 2.05) is 6.26 Å². The minimum atomic E-state index is 0.374. The molecule has 0 aromatic carbocycles. The standard InChI is InChI=1S/C7H12N2OS/c1-4(2)5-6(11-3)7(8)10-9-5/h4H,8H2,1-3H3. The molecule has 11 heavy (non-hydrogen) atoms. The maximum atomic E-state index is 5.54. The van der Waals surface area contributed by atoms with Crippen molar-refractivity contribution in [3.8, 4) is 0 Å². The number of thioether (sulfide) groups is 1. The zero-order valence-corrected chi connectivity index (χ0v) is 7.73. The molecule has 1 aromatic rings. The largest absolute Gasteiger partial charge is 0.367 e. The van der Waals surface area contributed by atoms with E-state index >= 15 is 0 Å². The minimum Gasteiger partial charge on any atom is -0.367 e. The summed E-state index contributed by atoms with van der Waals surface area (Å²) < 4.78 is 4.85. The van der Waals surface area contributed by atoms with Crippen molar-refractivity contribution in [3.05, 3.63) is 5.69 Å². The summed E-state index contributed by atoms with van der Waals surface area (Å²) in [6, 6.07) is 0. The van der Waals surface area contributed by atoms with E-state index in [2.05, 4.69) is 19.0 Å². The van der Waals surface area contributed by atoms with Crippen LogP contribution in [0.25, 0.3) is 0 Å². The van der Waals surface area contributed by atoms with Gasteiger partial charge in [0.2, 0.25) is 5.88 Å². The van der Waals surface area contributed by atoms with Crippen LogP contribution in [0, 0.1) is 0 Å². The smallest absolute Gasteiger partial charge is 0.236 e. The van der Waals surface area contributed by atoms with Crippen molar-refractivity contribution in [1.82, 2.24) is 5.16 Å². The van der Waals surface area contributed by atoms with E-state index in [9.17, 15) is 0 Å². The molecule has 62 valence electrons. The summed E-state index contributed by atoms with van der Waals surface area (Å²) in [6.07, 6.45) is 1.97. The number of anilines is 1. The monoisotopic (exact) mass is 172 g/mol. The molecule has 0 bridgehead atoms. The lowest BCUT2D eigenvalue weighted by atomic mass is 10.1. The van der Waals surface area contributed by atoms with Gasteiger partial charge < -0.3 is 10.3 Å². The van der Waals surface area contributed by atoms with Crippen molar-refractivity contribution >= 4 is 17.6 Å². The van der Waals surface area contributed by atoms with E-state index in [1.165, 1.54) is 0 Å². The van der Waals surface area contributed by atoms with E-state index in [1.54, 1.807) is 11.8 Å². The van der Waals surface area contributed by atoms with Crippen LogP contribution in [-0.2, 0) is 0 Å². The average molecular weight is 172 g/mol. The third-order valence-corrected chi connectivity index (χ3v) is 2.27. The van der Waals surface area contributed by atoms with Crippen molar-refractivity contribution in [2.24, 2.45) is 0 Å². The lowest BCUT2D eigenvalue weighted by molar-refractivity contribution is 0.423. The van der Waals surface area contributed by atoms with Gasteiger partial charge in [-0.05, 0) is 6.26 Å². The van der Waals surface area contributed by atoms with Crippen LogP contribution in [0.15, 0.2) is 9.42 Å². The maximum Gasteiger partial charge on any atom is 0.236 e. The van der Waals surface area contributed by atoms with Gasteiger partial charge in [0.1, 0.15) is 5.69 Å². The van der Waals surface area contributed by atoms with Gasteiger partial charge in [0.25, 0.3) is 0 Å². The lowest BCUT2D eigenvalue weighted by Crippen LogP contribution is -1.90. The van der Waals surface area contributed by atoms with Gasteiger partial charge in [-0.2, -0.15) is 0 Å². The Hall–Kier alpha value is -0.640. The molecule has 0 fully saturated rings. The van der Waals surface area contributed by atoms with Gasteiger partial charge in [-0.25, -0.2) is 0 Å². The van der Waals surface area contributed by atoms with Crippen LogP contribution < -0.4 is 5.73 Å². The molecular weight excluding hydrogens is 160 g/mol. The van der Waals surface area contributed by atoms with E-state index in [0.29, 0.717) is 11.8 Å². The first-order valence-corrected chi connectivity index (χ1v) is 4.68. The van der Waals surface area contributed by atoms with Crippen molar-refractivity contribution in [2.45, 2.75) is 24.7 Å². The summed E-state index contributed by atoms with van der Waals surface area (Å²) >= 11 is 1.58. The lowest BCUT2D eigenvalue weighted by Gasteiger charge is -1.99. The third-order valence-electron chi connectivity index (χ3n) is 1.45. The van der Waals surface area contributed by atoms with Crippen molar-refractivity contribution in [1.29, 1.82) is 0 Å². The Morgan fingerprint density at radius 1 is 1.55 bits per heavy atom. The molecule has 1 rings (SSSR count). The second-order valence-electron chi connectivity index (χ2n) is 2.62. The van der Waals surface area contributed by atoms with Gasteiger partial charge >= 0.3 is 0 Å². The molecule has 0 aliphatic heterocycles. The number of aromatic nitrogens is 1. The summed E-state index contributed by atoms with van der Waals surface area (Å²) in [5, 5.41) is 3.87. The van der Waals surface area contributed by atoms with Crippen LogP contribution in [0.5, 0.6) is 0 Å². The first-order chi connectivity index (χ1) is 5.16. The molecule has 0 spiro atoms. The highest BCUT2D eigenvalue weighted by molar-refractivity contribution is 7.98. The topological polar surface area (TPSA) is 52.0 Å². The quantitative estimate of drug-likeness (QED) is 0.694. The van der Waals surface area contributed by atoms with Crippen LogP contribution in [0.2, 0.25) is 0 Å². The Kier molecular flexibility index (Phi) is 2.44. The van der Waals surface area contributed by atoms with Crippen LogP contribution in [-0.4, -0.2) is 11.4 Å². The second kappa shape index (κ2) is 3.17. The predicted molar refractivity (Wildman–Crippen MR) is 46.8 cm³/mol. The molecule has 0 amide bonds. The number of rotatable bonds is 2. The predicted octanol–water partition coefficient (Wildman–Crippen LogP) is 2.10. The Morgan fingerprint density at radius 2 is 2.18 bits per heavy atom. The first kappa shape index (κ1) is 8.46. The highest BCUT2D eigenvalue weighted by Gasteiger charge is 2.14. The number of hydrogen-bond donors (Lipinski definition) is 1. The van der Waals surface area contributed by atoms with E-state index < -0.39 is 0 Å². The molecule has 0 saturated carbocycles. The SMILES string of the molecule is CSc1c(C(C)C)noc1N. The van der Waals surface area contributed by atoms with Gasteiger partial charge in [-0.15, -0.1) is 11.8 Å². The van der Waals surface area contributed by atoms with Gasteiger partial charge in [-0.1, -0.05) is 19.0 Å². The molecule has 1 heterocycles. The zero-order valence-electron chi connectivity index (χ0n) is 6.92. The van der Waals surface area contributed by atoms with Gasteiger partial charge in [-0.3, -0.25) is 0 Å². The van der Waals surface area contributed by atoms with Crippen LogP contribution in [0.3, 0.4) is 0 Å². The van der Waals surface area contributed by atoms with E-state index in [-0.39, 0.29) is 0 Å². The zero-order chi connectivity index (χ0) is 8.43. The molecule has 0 unspecified atom stereocenters. The summed E-state index contributed by atoms with van der Waals surface area (Å²) in [7, 11) is 0. The van der Waals surface area contributed by atoms with Crippen molar-refractivity contribution < 1.29 is 4.52 Å². The molecular formula is C7H12N2OS. The average Bonchev–Trinajstić information content (AvgIpc) is 2.30. The Bertz CT molecular complexity index is 245. The van der Waals surface area contributed by atoms with Gasteiger partial charge in [0.05, 0.1) is 4.90 Å². The number of nitrogens with two attached hydrogens (primary N) is 1. The van der Waals surface area contributed by atoms with Gasteiger partial charge in [0, 0.05) is 5.92 Å². The van der Waals surface area contributed by atoms with Crippen LogP contribution in [0.1, 0.15) is 25.5 Å². The van der Waals surface area contributed by atoms with Crippen LogP contribution >= 0.6 is 11.8 Å². The number of nitrogens with zero attached hydrogens (tertiary/aromatic N) is 1. The van der Waals surface area contributed by atoms with E-state index in [0.717, 1.165) is 10.6 Å². The van der Waals surface area contributed by atoms with Crippen molar-refractivity contribution in [2.75, 3.05) is 12.0 Å². The Labute approximate surface area is 70.3 Å². The molecule has 1 aromatic heterocycles. The first-order valence-electron chi connectivity index (χ1n) is 3.45. The highest BCUT2D eigenvalue weighted by Crippen LogP contribution is 2.30. The fourth-order valence-electron chi connectivity index (χ4n) is 0.880. The van der Waals surface area contributed by atoms with E-state index in [4.69, 9.17) is 10.3 Å². The number of hydrogen-bond acceptors (Lipinski definition) is 4. The summed E-state index contributed by atoms with van der Waals surface area (Å²) in [5.41, 5.74) is 6.49. The molecule has 2 N–H and O–H groups in total. The van der Waals surface area contributed by atoms with Crippen LogP contribution in [0.4, 0.5) is 5.88 Å². The highest BCUT2D eigenvalue weighted by atomic mass is 32.2. The molecule has 0 atom stereocenters. The molecule has 0 radical (unpaired) electrons. The molecule has 0 aliphatic carbocycles. The fourth-order valence-corrected chi connectivity index (χ4v) is 1.60. The minimum absolute atomic E-state index is 0.374. The fraction of sp³-hybridized carbons (Fsp3) is 0.571. The summed E-state index contributed by atoms with van der Waals surface area (Å²) in [5.74, 6) is 0.805. The molecule has 3 nitrogen and oxygen atoms in total. The molecule has 0 saturated heterocycles. The molecule has 0 aliphatic rings. The number of nitrogen functional groups attached to an aromatic ring is 1. The maximum absolute atomic E-state index is 5.54. The Balaban J connectivity index is 3.05. The molecule has 4 heteroatoms. The third kappa shape index (κ3) is 1.50. The summed E-state index contributed by atoms with van der Waals surface area (Å²) in [4.78, 5) is 0.972. The second-order valence-corrected chi connectivity index (χ2v) is 3.44. The van der Waals surface area contributed by atoms with Crippen molar-refractivity contribution in [3.63, 3.8) is 0 Å². The normalized spacial score (nSPS) is 10.9. The van der Waals surface area contributed by atoms with Gasteiger partial charge in [0.15, 0.2) is 0 Å². The Morgan fingerprint density at radius 3 is 2.55 bits per heavy atom. The summed E-state index contributed by atoms with van der Waals surface area (Å²) in [6.45, 7) is 4.13.